The van der Waals surface area contributed by atoms with Crippen LogP contribution in [0.4, 0.5) is 0 Å². The third-order valence-electron chi connectivity index (χ3n) is 2.39. The van der Waals surface area contributed by atoms with Gasteiger partial charge < -0.3 is 4.74 Å². The van der Waals surface area contributed by atoms with Crippen LogP contribution in [0.2, 0.25) is 10.0 Å². The molecule has 16 heavy (non-hydrogen) atoms. The summed E-state index contributed by atoms with van der Waals surface area (Å²) in [5.41, 5.74) is 0. The molecule has 0 aliphatic heterocycles. The Morgan fingerprint density at radius 2 is 2.00 bits per heavy atom. The van der Waals surface area contributed by atoms with Gasteiger partial charge in [0.1, 0.15) is 10.8 Å². The van der Waals surface area contributed by atoms with Crippen molar-refractivity contribution >= 4 is 34.8 Å². The fraction of sp³-hybridized carbons (Fsp3) is 0.500. The van der Waals surface area contributed by atoms with E-state index in [0.717, 1.165) is 12.8 Å². The maximum Gasteiger partial charge on any atom is 0.139 e. The van der Waals surface area contributed by atoms with Crippen LogP contribution in [0.5, 0.6) is 5.75 Å². The van der Waals surface area contributed by atoms with Gasteiger partial charge in [0, 0.05) is 5.88 Å². The summed E-state index contributed by atoms with van der Waals surface area (Å²) >= 11 is 17.5. The monoisotopic (exact) mass is 280 g/mol. The normalized spacial score (nSPS) is 12.5. The molecule has 1 rings (SSSR count). The first-order valence-electron chi connectivity index (χ1n) is 5.28. The second-order valence-corrected chi connectivity index (χ2v) is 4.94. The van der Waals surface area contributed by atoms with Gasteiger partial charge in [0.15, 0.2) is 0 Å². The quantitative estimate of drug-likeness (QED) is 0.665. The van der Waals surface area contributed by atoms with Crippen LogP contribution in [-0.2, 0) is 0 Å². The predicted octanol–water partition coefficient (Wildman–Crippen LogP) is 5.03. The average molecular weight is 282 g/mol. The Morgan fingerprint density at radius 1 is 1.25 bits per heavy atom. The van der Waals surface area contributed by atoms with E-state index >= 15 is 0 Å². The summed E-state index contributed by atoms with van der Waals surface area (Å²) in [6.07, 6.45) is 1.98. The van der Waals surface area contributed by atoms with E-state index in [0.29, 0.717) is 34.2 Å². The smallest absolute Gasteiger partial charge is 0.139 e. The van der Waals surface area contributed by atoms with Gasteiger partial charge in [-0.15, -0.1) is 11.6 Å². The lowest BCUT2D eigenvalue weighted by atomic mass is 10.1. The van der Waals surface area contributed by atoms with Gasteiger partial charge >= 0.3 is 0 Å². The van der Waals surface area contributed by atoms with Gasteiger partial charge in [0.05, 0.1) is 11.6 Å². The second kappa shape index (κ2) is 7.26. The Bertz CT molecular complexity index is 328. The first-order valence-corrected chi connectivity index (χ1v) is 6.57. The largest absolute Gasteiger partial charge is 0.492 e. The molecular weight excluding hydrogens is 266 g/mol. The van der Waals surface area contributed by atoms with Crippen molar-refractivity contribution in [1.82, 2.24) is 0 Å². The third kappa shape index (κ3) is 4.40. The molecule has 0 spiro atoms. The van der Waals surface area contributed by atoms with Crippen molar-refractivity contribution < 1.29 is 4.74 Å². The summed E-state index contributed by atoms with van der Waals surface area (Å²) in [5.74, 6) is 1.90. The number of alkyl halides is 1. The molecule has 4 heteroatoms. The van der Waals surface area contributed by atoms with Crippen molar-refractivity contribution in [3.8, 4) is 5.75 Å². The molecular formula is C12H15Cl3O. The molecule has 0 saturated heterocycles. The van der Waals surface area contributed by atoms with E-state index in [-0.39, 0.29) is 0 Å². The maximum atomic E-state index is 5.99. The maximum absolute atomic E-state index is 5.99. The van der Waals surface area contributed by atoms with Gasteiger partial charge in [-0.2, -0.15) is 0 Å². The van der Waals surface area contributed by atoms with Gasteiger partial charge in [-0.1, -0.05) is 36.2 Å². The highest BCUT2D eigenvalue weighted by Gasteiger charge is 2.06. The van der Waals surface area contributed by atoms with Gasteiger partial charge in [-0.05, 0) is 30.9 Å². The van der Waals surface area contributed by atoms with E-state index < -0.39 is 0 Å². The zero-order chi connectivity index (χ0) is 12.0. The standard InChI is InChI=1S/C12H15Cl3O/c1-9(5-7-13)6-8-16-11-4-2-3-10(14)12(11)15/h2-4,9H,5-8H2,1H3. The number of hydrogen-bond acceptors (Lipinski definition) is 1. The lowest BCUT2D eigenvalue weighted by Crippen LogP contribution is -2.05. The molecule has 0 saturated carbocycles. The molecule has 0 fully saturated rings. The van der Waals surface area contributed by atoms with Crippen LogP contribution in [0.15, 0.2) is 18.2 Å². The predicted molar refractivity (Wildman–Crippen MR) is 71.1 cm³/mol. The summed E-state index contributed by atoms with van der Waals surface area (Å²) in [7, 11) is 0. The summed E-state index contributed by atoms with van der Waals surface area (Å²) < 4.78 is 5.58. The van der Waals surface area contributed by atoms with E-state index in [9.17, 15) is 0 Å². The molecule has 0 N–H and O–H groups in total. The molecule has 0 aliphatic rings. The number of ether oxygens (including phenoxy) is 1. The number of halogens is 3. The molecule has 0 amide bonds. The molecule has 1 aromatic rings. The van der Waals surface area contributed by atoms with E-state index in [1.165, 1.54) is 0 Å². The molecule has 1 aromatic carbocycles. The van der Waals surface area contributed by atoms with Crippen LogP contribution in [0.1, 0.15) is 19.8 Å². The highest BCUT2D eigenvalue weighted by atomic mass is 35.5. The zero-order valence-electron chi connectivity index (χ0n) is 9.18. The lowest BCUT2D eigenvalue weighted by Gasteiger charge is -2.12. The second-order valence-electron chi connectivity index (χ2n) is 3.77. The molecule has 1 unspecified atom stereocenters. The molecule has 0 aromatic heterocycles. The molecule has 0 heterocycles. The van der Waals surface area contributed by atoms with E-state index in [1.54, 1.807) is 6.07 Å². The van der Waals surface area contributed by atoms with Crippen molar-refractivity contribution in [1.29, 1.82) is 0 Å². The number of rotatable bonds is 6. The van der Waals surface area contributed by atoms with E-state index in [4.69, 9.17) is 39.5 Å². The molecule has 0 radical (unpaired) electrons. The summed E-state index contributed by atoms with van der Waals surface area (Å²) in [6, 6.07) is 5.39. The van der Waals surface area contributed by atoms with Crippen LogP contribution in [-0.4, -0.2) is 12.5 Å². The number of benzene rings is 1. The minimum absolute atomic E-state index is 0.481. The van der Waals surface area contributed by atoms with Gasteiger partial charge in [0.2, 0.25) is 0 Å². The Morgan fingerprint density at radius 3 is 2.69 bits per heavy atom. The van der Waals surface area contributed by atoms with E-state index in [1.807, 2.05) is 12.1 Å². The summed E-state index contributed by atoms with van der Waals surface area (Å²) in [5, 5.41) is 1.00. The van der Waals surface area contributed by atoms with Crippen LogP contribution in [0.3, 0.4) is 0 Å². The number of hydrogen-bond donors (Lipinski definition) is 0. The Kier molecular flexibility index (Phi) is 6.33. The van der Waals surface area contributed by atoms with E-state index in [2.05, 4.69) is 6.92 Å². The third-order valence-corrected chi connectivity index (χ3v) is 3.41. The first-order chi connectivity index (χ1) is 7.65. The fourth-order valence-electron chi connectivity index (χ4n) is 1.30. The Labute approximate surface area is 112 Å². The van der Waals surface area contributed by atoms with Crippen molar-refractivity contribution in [2.75, 3.05) is 12.5 Å². The van der Waals surface area contributed by atoms with Crippen molar-refractivity contribution in [3.63, 3.8) is 0 Å². The van der Waals surface area contributed by atoms with Gasteiger partial charge in [0.25, 0.3) is 0 Å². The van der Waals surface area contributed by atoms with Crippen molar-refractivity contribution in [3.05, 3.63) is 28.2 Å². The SMILES string of the molecule is CC(CCCl)CCOc1cccc(Cl)c1Cl. The van der Waals surface area contributed by atoms with Crippen LogP contribution in [0, 0.1) is 5.92 Å². The van der Waals surface area contributed by atoms with Crippen molar-refractivity contribution in [2.24, 2.45) is 5.92 Å². The Hall–Kier alpha value is -0.110. The molecule has 1 nitrogen and oxygen atoms in total. The van der Waals surface area contributed by atoms with Crippen molar-refractivity contribution in [2.45, 2.75) is 19.8 Å². The van der Waals surface area contributed by atoms with Crippen LogP contribution >= 0.6 is 34.8 Å². The highest BCUT2D eigenvalue weighted by molar-refractivity contribution is 6.42. The minimum atomic E-state index is 0.481. The molecule has 90 valence electrons. The summed E-state index contributed by atoms with van der Waals surface area (Å²) in [6.45, 7) is 2.80. The van der Waals surface area contributed by atoms with Crippen LogP contribution < -0.4 is 4.74 Å². The fourth-order valence-corrected chi connectivity index (χ4v) is 2.02. The minimum Gasteiger partial charge on any atom is -0.492 e. The average Bonchev–Trinajstić information content (AvgIpc) is 2.25. The van der Waals surface area contributed by atoms with Gasteiger partial charge in [-0.25, -0.2) is 0 Å². The topological polar surface area (TPSA) is 9.23 Å². The highest BCUT2D eigenvalue weighted by Crippen LogP contribution is 2.31. The Balaban J connectivity index is 2.40. The zero-order valence-corrected chi connectivity index (χ0v) is 11.4. The summed E-state index contributed by atoms with van der Waals surface area (Å²) in [4.78, 5) is 0. The lowest BCUT2D eigenvalue weighted by molar-refractivity contribution is 0.282. The first kappa shape index (κ1) is 14.0. The molecule has 1 atom stereocenters. The van der Waals surface area contributed by atoms with Gasteiger partial charge in [-0.3, -0.25) is 0 Å². The van der Waals surface area contributed by atoms with Crippen LogP contribution in [0.25, 0.3) is 0 Å². The molecule has 0 aliphatic carbocycles. The molecule has 0 bridgehead atoms.